The summed E-state index contributed by atoms with van der Waals surface area (Å²) >= 11 is 0. The number of ketones is 1. The normalized spacial score (nSPS) is 15.4. The van der Waals surface area contributed by atoms with Crippen LogP contribution >= 0.6 is 0 Å². The number of carbonyl (C=O) groups is 2. The summed E-state index contributed by atoms with van der Waals surface area (Å²) in [5.41, 5.74) is 7.00. The monoisotopic (exact) mass is 451 g/mol. The van der Waals surface area contributed by atoms with Crippen LogP contribution in [0.4, 0.5) is 5.69 Å². The van der Waals surface area contributed by atoms with E-state index in [-0.39, 0.29) is 17.1 Å². The lowest BCUT2D eigenvalue weighted by molar-refractivity contribution is 0.0976. The van der Waals surface area contributed by atoms with Crippen LogP contribution in [0.5, 0.6) is 5.75 Å². The predicted molar refractivity (Wildman–Crippen MR) is 133 cm³/mol. The number of nitrogens with two attached hydrogens (primary N) is 1. The number of benzene rings is 2. The summed E-state index contributed by atoms with van der Waals surface area (Å²) in [4.78, 5) is 29.1. The van der Waals surface area contributed by atoms with Crippen molar-refractivity contribution in [3.63, 3.8) is 0 Å². The fraction of sp³-hybridized carbons (Fsp3) is 0.481. The lowest BCUT2D eigenvalue weighted by Gasteiger charge is -2.40. The van der Waals surface area contributed by atoms with Crippen molar-refractivity contribution in [2.75, 3.05) is 31.1 Å². The number of para-hydroxylation sites is 1. The molecule has 1 aliphatic heterocycles. The number of piperazine rings is 1. The summed E-state index contributed by atoms with van der Waals surface area (Å²) in [5, 5.41) is 9.72. The lowest BCUT2D eigenvalue weighted by Crippen LogP contribution is -2.50. The highest BCUT2D eigenvalue weighted by molar-refractivity contribution is 6.01. The third-order valence-corrected chi connectivity index (χ3v) is 6.62. The Kier molecular flexibility index (Phi) is 9.31. The Morgan fingerprint density at radius 3 is 2.33 bits per heavy atom. The van der Waals surface area contributed by atoms with E-state index in [0.29, 0.717) is 18.0 Å². The molecular formula is C27H37N3O3. The van der Waals surface area contributed by atoms with Gasteiger partial charge in [0.2, 0.25) is 0 Å². The lowest BCUT2D eigenvalue weighted by atomic mass is 9.98. The summed E-state index contributed by atoms with van der Waals surface area (Å²) in [6.45, 7) is 6.49. The number of hydrogen-bond acceptors (Lipinski definition) is 5. The SMILES string of the molecule is CCCCC(CCCCC(=O)c1ccc(O)c(C(N)=O)c1)N1CCN(c2ccccc2)CC1. The van der Waals surface area contributed by atoms with E-state index in [4.69, 9.17) is 5.73 Å². The van der Waals surface area contributed by atoms with Crippen LogP contribution in [0.2, 0.25) is 0 Å². The van der Waals surface area contributed by atoms with E-state index in [1.165, 1.54) is 37.1 Å². The van der Waals surface area contributed by atoms with Crippen LogP contribution in [0.25, 0.3) is 0 Å². The Morgan fingerprint density at radius 2 is 1.67 bits per heavy atom. The quantitative estimate of drug-likeness (QED) is 0.363. The van der Waals surface area contributed by atoms with E-state index in [0.717, 1.165) is 45.4 Å². The van der Waals surface area contributed by atoms with Gasteiger partial charge in [-0.2, -0.15) is 0 Å². The number of hydrogen-bond donors (Lipinski definition) is 2. The molecule has 0 saturated carbocycles. The number of Topliss-reactive ketones (excluding diaryl/α,β-unsaturated/α-hetero) is 1. The second-order valence-corrected chi connectivity index (χ2v) is 8.92. The van der Waals surface area contributed by atoms with Crippen molar-refractivity contribution in [3.05, 3.63) is 59.7 Å². The number of unbranched alkanes of at least 4 members (excludes halogenated alkanes) is 2. The van der Waals surface area contributed by atoms with E-state index < -0.39 is 5.91 Å². The number of carbonyl (C=O) groups excluding carboxylic acids is 2. The third-order valence-electron chi connectivity index (χ3n) is 6.62. The van der Waals surface area contributed by atoms with Crippen LogP contribution in [0.1, 0.15) is 72.6 Å². The molecule has 0 spiro atoms. The van der Waals surface area contributed by atoms with Crippen LogP contribution in [-0.4, -0.2) is 53.9 Å². The minimum Gasteiger partial charge on any atom is -0.507 e. The number of aromatic hydroxyl groups is 1. The van der Waals surface area contributed by atoms with Gasteiger partial charge in [0.25, 0.3) is 5.91 Å². The van der Waals surface area contributed by atoms with Gasteiger partial charge in [-0.3, -0.25) is 14.5 Å². The largest absolute Gasteiger partial charge is 0.507 e. The molecule has 33 heavy (non-hydrogen) atoms. The van der Waals surface area contributed by atoms with Crippen LogP contribution in [0, 0.1) is 0 Å². The Bertz CT molecular complexity index is 908. The Morgan fingerprint density at radius 1 is 0.970 bits per heavy atom. The molecule has 0 bridgehead atoms. The fourth-order valence-corrected chi connectivity index (χ4v) is 4.65. The molecule has 6 nitrogen and oxygen atoms in total. The summed E-state index contributed by atoms with van der Waals surface area (Å²) in [7, 11) is 0. The standard InChI is InChI=1S/C27H37N3O3/c1-2-3-9-22(29-16-18-30(19-17-29)23-10-5-4-6-11-23)12-7-8-13-25(31)21-14-15-26(32)24(20-21)27(28)33/h4-6,10-11,14-15,20,22,32H,2-3,7-9,12-13,16-19H2,1H3,(H2,28,33). The van der Waals surface area contributed by atoms with Gasteiger partial charge in [0.1, 0.15) is 5.75 Å². The van der Waals surface area contributed by atoms with Gasteiger partial charge in [0.15, 0.2) is 5.78 Å². The molecule has 1 fully saturated rings. The first-order chi connectivity index (χ1) is 16.0. The highest BCUT2D eigenvalue weighted by atomic mass is 16.3. The number of anilines is 1. The Hall–Kier alpha value is -2.86. The van der Waals surface area contributed by atoms with Crippen molar-refractivity contribution < 1.29 is 14.7 Å². The smallest absolute Gasteiger partial charge is 0.252 e. The molecule has 1 saturated heterocycles. The Balaban J connectivity index is 1.47. The molecule has 0 radical (unpaired) electrons. The zero-order chi connectivity index (χ0) is 23.6. The van der Waals surface area contributed by atoms with Crippen molar-refractivity contribution in [1.82, 2.24) is 4.90 Å². The maximum absolute atomic E-state index is 12.6. The first kappa shape index (κ1) is 24.8. The van der Waals surface area contributed by atoms with Crippen LogP contribution in [0.3, 0.4) is 0 Å². The zero-order valence-corrected chi connectivity index (χ0v) is 19.7. The molecule has 1 heterocycles. The third kappa shape index (κ3) is 7.06. The summed E-state index contributed by atoms with van der Waals surface area (Å²) in [6, 6.07) is 15.5. The topological polar surface area (TPSA) is 86.9 Å². The average molecular weight is 452 g/mol. The van der Waals surface area contributed by atoms with Crippen LogP contribution < -0.4 is 10.6 Å². The first-order valence-corrected chi connectivity index (χ1v) is 12.2. The van der Waals surface area contributed by atoms with Crippen molar-refractivity contribution in [3.8, 4) is 5.75 Å². The molecule has 0 aliphatic carbocycles. The molecule has 2 aromatic rings. The number of phenols is 1. The van der Waals surface area contributed by atoms with E-state index in [9.17, 15) is 14.7 Å². The van der Waals surface area contributed by atoms with Gasteiger partial charge in [0, 0.05) is 49.9 Å². The van der Waals surface area contributed by atoms with E-state index in [1.54, 1.807) is 6.07 Å². The van der Waals surface area contributed by atoms with Gasteiger partial charge in [-0.1, -0.05) is 44.4 Å². The molecule has 1 atom stereocenters. The molecule has 1 aliphatic rings. The summed E-state index contributed by atoms with van der Waals surface area (Å²) in [6.07, 6.45) is 6.98. The molecule has 1 amide bonds. The molecule has 1 unspecified atom stereocenters. The molecular weight excluding hydrogens is 414 g/mol. The van der Waals surface area contributed by atoms with Crippen molar-refractivity contribution in [2.24, 2.45) is 5.73 Å². The van der Waals surface area contributed by atoms with E-state index >= 15 is 0 Å². The van der Waals surface area contributed by atoms with Crippen molar-refractivity contribution in [2.45, 2.75) is 57.9 Å². The number of rotatable bonds is 12. The molecule has 3 N–H and O–H groups in total. The van der Waals surface area contributed by atoms with Crippen molar-refractivity contribution >= 4 is 17.4 Å². The van der Waals surface area contributed by atoms with Gasteiger partial charge in [0.05, 0.1) is 5.56 Å². The molecule has 3 rings (SSSR count). The summed E-state index contributed by atoms with van der Waals surface area (Å²) < 4.78 is 0. The minimum atomic E-state index is -0.728. The maximum Gasteiger partial charge on any atom is 0.252 e. The van der Waals surface area contributed by atoms with Crippen LogP contribution in [-0.2, 0) is 0 Å². The first-order valence-electron chi connectivity index (χ1n) is 12.2. The summed E-state index contributed by atoms with van der Waals surface area (Å²) in [5.74, 6) is -0.933. The second kappa shape index (κ2) is 12.4. The van der Waals surface area contributed by atoms with Gasteiger partial charge in [-0.15, -0.1) is 0 Å². The highest BCUT2D eigenvalue weighted by Gasteiger charge is 2.23. The maximum atomic E-state index is 12.6. The van der Waals surface area contributed by atoms with Crippen LogP contribution in [0.15, 0.2) is 48.5 Å². The van der Waals surface area contributed by atoms with Gasteiger partial charge in [-0.25, -0.2) is 0 Å². The zero-order valence-electron chi connectivity index (χ0n) is 19.7. The highest BCUT2D eigenvalue weighted by Crippen LogP contribution is 2.23. The molecule has 6 heteroatoms. The molecule has 178 valence electrons. The van der Waals surface area contributed by atoms with E-state index in [1.807, 2.05) is 0 Å². The average Bonchev–Trinajstić information content (AvgIpc) is 2.84. The number of amides is 1. The second-order valence-electron chi connectivity index (χ2n) is 8.92. The molecule has 0 aromatic heterocycles. The van der Waals surface area contributed by atoms with Gasteiger partial charge >= 0.3 is 0 Å². The number of primary amides is 1. The van der Waals surface area contributed by atoms with Gasteiger partial charge in [-0.05, 0) is 49.6 Å². The fourth-order valence-electron chi connectivity index (χ4n) is 4.65. The van der Waals surface area contributed by atoms with Gasteiger partial charge < -0.3 is 15.7 Å². The molecule has 2 aromatic carbocycles. The predicted octanol–water partition coefficient (Wildman–Crippen LogP) is 4.62. The number of nitrogens with zero attached hydrogens (tertiary/aromatic N) is 2. The van der Waals surface area contributed by atoms with Crippen molar-refractivity contribution in [1.29, 1.82) is 0 Å². The minimum absolute atomic E-state index is 0.00451. The Labute approximate surface area is 197 Å². The van der Waals surface area contributed by atoms with E-state index in [2.05, 4.69) is 47.1 Å².